The van der Waals surface area contributed by atoms with Crippen molar-refractivity contribution in [2.24, 2.45) is 0 Å². The molecule has 1 N–H and O–H groups in total. The summed E-state index contributed by atoms with van der Waals surface area (Å²) >= 11 is 7.42. The average Bonchev–Trinajstić information content (AvgIpc) is 3.20. The molecule has 0 spiro atoms. The maximum absolute atomic E-state index is 12.1. The molecule has 1 heterocycles. The summed E-state index contributed by atoms with van der Waals surface area (Å²) in [5.41, 5.74) is 1.87. The number of ether oxygens (including phenoxy) is 1. The predicted molar refractivity (Wildman–Crippen MR) is 114 cm³/mol. The zero-order valence-corrected chi connectivity index (χ0v) is 16.5. The molecule has 0 unspecified atom stereocenters. The first-order valence-electron chi connectivity index (χ1n) is 8.76. The van der Waals surface area contributed by atoms with Gasteiger partial charge in [-0.2, -0.15) is 0 Å². The smallest absolute Gasteiger partial charge is 0.258 e. The average molecular weight is 409 g/mol. The van der Waals surface area contributed by atoms with Crippen molar-refractivity contribution < 1.29 is 9.53 Å². The highest BCUT2D eigenvalue weighted by Crippen LogP contribution is 2.23. The lowest BCUT2D eigenvalue weighted by Crippen LogP contribution is -2.28. The van der Waals surface area contributed by atoms with Crippen LogP contribution in [0.15, 0.2) is 72.1 Å². The number of thiazole rings is 1. The van der Waals surface area contributed by atoms with Crippen molar-refractivity contribution in [3.05, 3.63) is 82.1 Å². The van der Waals surface area contributed by atoms with E-state index in [4.69, 9.17) is 16.3 Å². The standard InChI is InChI=1S/C22H17ClN2O2S/c23-18-8-5-16(6-9-18)20-14-28-22(25-20)12-24-21(26)13-27-19-10-7-15-3-1-2-4-17(15)11-19/h1-11,14H,12-13H2,(H,24,26). The van der Waals surface area contributed by atoms with Crippen molar-refractivity contribution in [2.75, 3.05) is 6.61 Å². The third-order valence-electron chi connectivity index (χ3n) is 4.22. The minimum Gasteiger partial charge on any atom is -0.484 e. The van der Waals surface area contributed by atoms with Gasteiger partial charge in [-0.25, -0.2) is 4.98 Å². The van der Waals surface area contributed by atoms with Gasteiger partial charge in [0.15, 0.2) is 6.61 Å². The van der Waals surface area contributed by atoms with E-state index < -0.39 is 0 Å². The van der Waals surface area contributed by atoms with Crippen LogP contribution in [0.4, 0.5) is 0 Å². The van der Waals surface area contributed by atoms with E-state index in [0.717, 1.165) is 27.0 Å². The molecule has 4 nitrogen and oxygen atoms in total. The van der Waals surface area contributed by atoms with Gasteiger partial charge in [-0.1, -0.05) is 54.1 Å². The van der Waals surface area contributed by atoms with E-state index in [-0.39, 0.29) is 12.5 Å². The molecule has 4 aromatic rings. The van der Waals surface area contributed by atoms with Gasteiger partial charge in [-0.3, -0.25) is 4.79 Å². The highest BCUT2D eigenvalue weighted by molar-refractivity contribution is 7.09. The number of rotatable bonds is 6. The van der Waals surface area contributed by atoms with Crippen LogP contribution in [-0.2, 0) is 11.3 Å². The lowest BCUT2D eigenvalue weighted by atomic mass is 10.1. The molecule has 28 heavy (non-hydrogen) atoms. The number of hydrogen-bond acceptors (Lipinski definition) is 4. The van der Waals surface area contributed by atoms with Crippen LogP contribution in [0.1, 0.15) is 5.01 Å². The molecule has 1 aromatic heterocycles. The summed E-state index contributed by atoms with van der Waals surface area (Å²) in [5, 5.41) is 8.56. The largest absolute Gasteiger partial charge is 0.484 e. The summed E-state index contributed by atoms with van der Waals surface area (Å²) in [6, 6.07) is 21.3. The molecule has 0 atom stereocenters. The molecule has 0 aliphatic heterocycles. The molecule has 0 saturated heterocycles. The quantitative estimate of drug-likeness (QED) is 0.470. The van der Waals surface area contributed by atoms with Gasteiger partial charge in [0.1, 0.15) is 10.8 Å². The van der Waals surface area contributed by atoms with Gasteiger partial charge in [0.25, 0.3) is 5.91 Å². The third kappa shape index (κ3) is 4.50. The first-order chi connectivity index (χ1) is 13.7. The number of benzene rings is 3. The van der Waals surface area contributed by atoms with Gasteiger partial charge >= 0.3 is 0 Å². The number of nitrogens with one attached hydrogen (secondary N) is 1. The number of halogens is 1. The zero-order chi connectivity index (χ0) is 19.3. The fourth-order valence-electron chi connectivity index (χ4n) is 2.78. The minimum atomic E-state index is -0.184. The first-order valence-corrected chi connectivity index (χ1v) is 10.0. The Morgan fingerprint density at radius 3 is 2.64 bits per heavy atom. The Hall–Kier alpha value is -2.89. The summed E-state index contributed by atoms with van der Waals surface area (Å²) in [6.45, 7) is 0.339. The molecule has 0 bridgehead atoms. The lowest BCUT2D eigenvalue weighted by molar-refractivity contribution is -0.123. The highest BCUT2D eigenvalue weighted by atomic mass is 35.5. The summed E-state index contributed by atoms with van der Waals surface area (Å²) in [4.78, 5) is 16.6. The summed E-state index contributed by atoms with van der Waals surface area (Å²) in [7, 11) is 0. The molecular formula is C22H17ClN2O2S. The number of fused-ring (bicyclic) bond motifs is 1. The van der Waals surface area contributed by atoms with Crippen molar-refractivity contribution in [2.45, 2.75) is 6.54 Å². The molecule has 6 heteroatoms. The van der Waals surface area contributed by atoms with Crippen LogP contribution in [0.2, 0.25) is 5.02 Å². The molecule has 4 rings (SSSR count). The van der Waals surface area contributed by atoms with Crippen LogP contribution in [-0.4, -0.2) is 17.5 Å². The summed E-state index contributed by atoms with van der Waals surface area (Å²) < 4.78 is 5.61. The van der Waals surface area contributed by atoms with Crippen molar-refractivity contribution >= 4 is 39.6 Å². The van der Waals surface area contributed by atoms with Crippen molar-refractivity contribution in [3.63, 3.8) is 0 Å². The van der Waals surface area contributed by atoms with Crippen molar-refractivity contribution in [3.8, 4) is 17.0 Å². The third-order valence-corrected chi connectivity index (χ3v) is 5.32. The molecule has 0 fully saturated rings. The van der Waals surface area contributed by atoms with Gasteiger partial charge in [-0.15, -0.1) is 11.3 Å². The van der Waals surface area contributed by atoms with Crippen molar-refractivity contribution in [1.29, 1.82) is 0 Å². The van der Waals surface area contributed by atoms with E-state index in [0.29, 0.717) is 17.3 Å². The number of carbonyl (C=O) groups is 1. The Morgan fingerprint density at radius 1 is 1.04 bits per heavy atom. The van der Waals surface area contributed by atoms with Crippen LogP contribution in [0, 0.1) is 0 Å². The Labute approximate surface area is 171 Å². The van der Waals surface area contributed by atoms with Crippen LogP contribution in [0.25, 0.3) is 22.0 Å². The highest BCUT2D eigenvalue weighted by Gasteiger charge is 2.08. The Kier molecular flexibility index (Phi) is 5.55. The van der Waals surface area contributed by atoms with Gasteiger partial charge in [-0.05, 0) is 35.0 Å². The molecule has 140 valence electrons. The fraction of sp³-hybridized carbons (Fsp3) is 0.0909. The second kappa shape index (κ2) is 8.42. The molecule has 3 aromatic carbocycles. The van der Waals surface area contributed by atoms with Crippen LogP contribution >= 0.6 is 22.9 Å². The van der Waals surface area contributed by atoms with Gasteiger partial charge in [0.05, 0.1) is 12.2 Å². The molecule has 0 saturated carbocycles. The molecular weight excluding hydrogens is 392 g/mol. The van der Waals surface area contributed by atoms with Crippen LogP contribution in [0.3, 0.4) is 0 Å². The second-order valence-corrected chi connectivity index (χ2v) is 7.59. The molecule has 0 radical (unpaired) electrons. The lowest BCUT2D eigenvalue weighted by Gasteiger charge is -2.07. The number of nitrogens with zero attached hydrogens (tertiary/aromatic N) is 1. The van der Waals surface area contributed by atoms with E-state index in [2.05, 4.69) is 10.3 Å². The van der Waals surface area contributed by atoms with Crippen molar-refractivity contribution in [1.82, 2.24) is 10.3 Å². The van der Waals surface area contributed by atoms with E-state index in [1.165, 1.54) is 11.3 Å². The number of amides is 1. The normalized spacial score (nSPS) is 10.8. The number of hydrogen-bond donors (Lipinski definition) is 1. The maximum Gasteiger partial charge on any atom is 0.258 e. The summed E-state index contributed by atoms with van der Waals surface area (Å²) in [5.74, 6) is 0.490. The van der Waals surface area contributed by atoms with Gasteiger partial charge in [0.2, 0.25) is 0 Å². The van der Waals surface area contributed by atoms with E-state index in [1.54, 1.807) is 0 Å². The minimum absolute atomic E-state index is 0.0340. The number of carbonyl (C=O) groups excluding carboxylic acids is 1. The van der Waals surface area contributed by atoms with Gasteiger partial charge < -0.3 is 10.1 Å². The molecule has 0 aliphatic carbocycles. The Morgan fingerprint density at radius 2 is 1.82 bits per heavy atom. The SMILES string of the molecule is O=C(COc1ccc2ccccc2c1)NCc1nc(-c2ccc(Cl)cc2)cs1. The summed E-state index contributed by atoms with van der Waals surface area (Å²) in [6.07, 6.45) is 0. The van der Waals surface area contributed by atoms with E-state index in [9.17, 15) is 4.79 Å². The topological polar surface area (TPSA) is 51.2 Å². The van der Waals surface area contributed by atoms with Crippen LogP contribution < -0.4 is 10.1 Å². The number of aromatic nitrogens is 1. The van der Waals surface area contributed by atoms with Crippen LogP contribution in [0.5, 0.6) is 5.75 Å². The zero-order valence-electron chi connectivity index (χ0n) is 14.9. The van der Waals surface area contributed by atoms with E-state index >= 15 is 0 Å². The maximum atomic E-state index is 12.1. The molecule has 0 aliphatic rings. The Balaban J connectivity index is 1.30. The predicted octanol–water partition coefficient (Wildman–Crippen LogP) is 5.31. The second-order valence-electron chi connectivity index (χ2n) is 6.21. The molecule has 1 amide bonds. The first kappa shape index (κ1) is 18.5. The van der Waals surface area contributed by atoms with E-state index in [1.807, 2.05) is 72.1 Å². The van der Waals surface area contributed by atoms with Gasteiger partial charge in [0, 0.05) is 16.0 Å². The monoisotopic (exact) mass is 408 g/mol. The fourth-order valence-corrected chi connectivity index (χ4v) is 3.65. The Bertz CT molecular complexity index is 1110.